The van der Waals surface area contributed by atoms with Crippen molar-refractivity contribution in [2.24, 2.45) is 0 Å². The average molecular weight is 320 g/mol. The molecule has 1 heterocycles. The lowest BCUT2D eigenvalue weighted by molar-refractivity contribution is -0.138. The van der Waals surface area contributed by atoms with Gasteiger partial charge in [0.05, 0.1) is 22.3 Å². The van der Waals surface area contributed by atoms with Gasteiger partial charge in [-0.15, -0.1) is 0 Å². The second kappa shape index (κ2) is 4.95. The Hall–Kier alpha value is -2.23. The number of rotatable bonds is 3. The van der Waals surface area contributed by atoms with Crippen LogP contribution in [0.15, 0.2) is 29.3 Å². The zero-order valence-corrected chi connectivity index (χ0v) is 11.5. The first-order chi connectivity index (χ1) is 9.63. The molecule has 0 radical (unpaired) electrons. The third-order valence-electron chi connectivity index (χ3n) is 2.78. The van der Waals surface area contributed by atoms with Gasteiger partial charge in [0.15, 0.2) is 5.82 Å². The first-order valence-corrected chi connectivity index (χ1v) is 7.09. The number of nitrogens with zero attached hydrogens (tertiary/aromatic N) is 1. The molecule has 1 aromatic carbocycles. The van der Waals surface area contributed by atoms with Gasteiger partial charge in [0.2, 0.25) is 0 Å². The average Bonchev–Trinajstić information content (AvgIpc) is 2.73. The number of nitrogens with two attached hydrogens (primary N) is 1. The largest absolute Gasteiger partial charge is 0.416 e. The van der Waals surface area contributed by atoms with E-state index in [1.165, 1.54) is 6.20 Å². The van der Waals surface area contributed by atoms with Crippen LogP contribution in [0.25, 0.3) is 0 Å². The summed E-state index contributed by atoms with van der Waals surface area (Å²) >= 11 is 0. The Morgan fingerprint density at radius 3 is 2.52 bits per heavy atom. The number of sulfonamides is 1. The van der Waals surface area contributed by atoms with Gasteiger partial charge in [-0.1, -0.05) is 6.07 Å². The van der Waals surface area contributed by atoms with Crippen molar-refractivity contribution in [1.82, 2.24) is 10.2 Å². The predicted octanol–water partition coefficient (Wildman–Crippen LogP) is 2.12. The summed E-state index contributed by atoms with van der Waals surface area (Å²) in [5.41, 5.74) is 4.09. The molecule has 0 amide bonds. The van der Waals surface area contributed by atoms with Gasteiger partial charge in [0.25, 0.3) is 10.0 Å². The molecule has 0 saturated carbocycles. The molecule has 10 heteroatoms. The fraction of sp³-hybridized carbons (Fsp3) is 0.182. The zero-order chi connectivity index (χ0) is 15.8. The Bertz CT molecular complexity index is 768. The van der Waals surface area contributed by atoms with Crippen molar-refractivity contribution in [3.63, 3.8) is 0 Å². The van der Waals surface area contributed by atoms with E-state index in [-0.39, 0.29) is 11.5 Å². The van der Waals surface area contributed by atoms with E-state index in [0.29, 0.717) is 0 Å². The fourth-order valence-corrected chi connectivity index (χ4v) is 3.09. The number of anilines is 2. The monoisotopic (exact) mass is 320 g/mol. The van der Waals surface area contributed by atoms with Crippen LogP contribution < -0.4 is 10.5 Å². The third-order valence-corrected chi connectivity index (χ3v) is 4.28. The van der Waals surface area contributed by atoms with Crippen LogP contribution in [-0.2, 0) is 16.2 Å². The Labute approximate surface area is 118 Å². The molecule has 2 aromatic rings. The first kappa shape index (κ1) is 15.2. The number of halogens is 3. The molecule has 6 nitrogen and oxygen atoms in total. The lowest BCUT2D eigenvalue weighted by Gasteiger charge is -2.14. The van der Waals surface area contributed by atoms with E-state index < -0.39 is 32.2 Å². The topological polar surface area (TPSA) is 101 Å². The maximum Gasteiger partial charge on any atom is 0.416 e. The van der Waals surface area contributed by atoms with Crippen LogP contribution >= 0.6 is 0 Å². The summed E-state index contributed by atoms with van der Waals surface area (Å²) in [5.74, 6) is -0.105. The van der Waals surface area contributed by atoms with Crippen LogP contribution in [0.1, 0.15) is 11.1 Å². The molecule has 0 aliphatic carbocycles. The van der Waals surface area contributed by atoms with Crippen LogP contribution in [0, 0.1) is 6.92 Å². The number of nitrogen functional groups attached to an aromatic ring is 1. The molecule has 0 atom stereocenters. The minimum atomic E-state index is -4.64. The van der Waals surface area contributed by atoms with Gasteiger partial charge < -0.3 is 5.73 Å². The number of H-pyrrole nitrogens is 1. The van der Waals surface area contributed by atoms with Crippen molar-refractivity contribution < 1.29 is 21.6 Å². The highest BCUT2D eigenvalue weighted by Crippen LogP contribution is 2.34. The maximum atomic E-state index is 12.8. The van der Waals surface area contributed by atoms with E-state index in [1.54, 1.807) is 0 Å². The number of aromatic amines is 1. The minimum Gasteiger partial charge on any atom is -0.394 e. The van der Waals surface area contributed by atoms with Gasteiger partial charge in [0.1, 0.15) is 0 Å². The second-order valence-corrected chi connectivity index (χ2v) is 5.88. The molecule has 4 N–H and O–H groups in total. The summed E-state index contributed by atoms with van der Waals surface area (Å²) in [7, 11) is -4.22. The highest BCUT2D eigenvalue weighted by atomic mass is 32.2. The van der Waals surface area contributed by atoms with Crippen LogP contribution in [0.2, 0.25) is 0 Å². The Balaban J connectivity index is 2.49. The number of alkyl halides is 3. The van der Waals surface area contributed by atoms with E-state index in [4.69, 9.17) is 5.73 Å². The van der Waals surface area contributed by atoms with Crippen molar-refractivity contribution in [2.75, 3.05) is 10.5 Å². The molecule has 0 bridgehead atoms. The van der Waals surface area contributed by atoms with Crippen molar-refractivity contribution in [3.05, 3.63) is 35.5 Å². The molecule has 0 unspecified atom stereocenters. The van der Waals surface area contributed by atoms with Gasteiger partial charge in [0, 0.05) is 0 Å². The number of benzene rings is 1. The Kier molecular flexibility index (Phi) is 3.58. The highest BCUT2D eigenvalue weighted by Gasteiger charge is 2.34. The van der Waals surface area contributed by atoms with E-state index in [1.807, 2.05) is 0 Å². The Morgan fingerprint density at radius 2 is 2.00 bits per heavy atom. The molecule has 0 aliphatic rings. The fourth-order valence-electron chi connectivity index (χ4n) is 1.78. The van der Waals surface area contributed by atoms with Crippen LogP contribution in [0.3, 0.4) is 0 Å². The maximum absolute atomic E-state index is 12.8. The van der Waals surface area contributed by atoms with E-state index >= 15 is 0 Å². The normalized spacial score (nSPS) is 12.4. The summed E-state index contributed by atoms with van der Waals surface area (Å²) in [4.78, 5) is -0.480. The molecule has 0 spiro atoms. The zero-order valence-electron chi connectivity index (χ0n) is 10.7. The van der Waals surface area contributed by atoms with E-state index in [0.717, 1.165) is 25.1 Å². The summed E-state index contributed by atoms with van der Waals surface area (Å²) in [6, 6.07) is 2.93. The van der Waals surface area contributed by atoms with Gasteiger partial charge in [-0.25, -0.2) is 8.42 Å². The number of nitrogens with one attached hydrogen (secondary N) is 2. The van der Waals surface area contributed by atoms with Crippen LogP contribution in [0.4, 0.5) is 24.7 Å². The highest BCUT2D eigenvalue weighted by molar-refractivity contribution is 7.92. The Morgan fingerprint density at radius 1 is 1.33 bits per heavy atom. The molecule has 0 fully saturated rings. The van der Waals surface area contributed by atoms with Gasteiger partial charge >= 0.3 is 6.18 Å². The van der Waals surface area contributed by atoms with Crippen LogP contribution in [0.5, 0.6) is 0 Å². The molecule has 114 valence electrons. The quantitative estimate of drug-likeness (QED) is 0.806. The lowest BCUT2D eigenvalue weighted by Crippen LogP contribution is -2.18. The van der Waals surface area contributed by atoms with E-state index in [2.05, 4.69) is 14.9 Å². The third kappa shape index (κ3) is 2.94. The van der Waals surface area contributed by atoms with Gasteiger partial charge in [-0.3, -0.25) is 9.82 Å². The number of aromatic nitrogens is 2. The van der Waals surface area contributed by atoms with Crippen molar-refractivity contribution in [2.45, 2.75) is 18.0 Å². The summed E-state index contributed by atoms with van der Waals surface area (Å²) < 4.78 is 64.8. The van der Waals surface area contributed by atoms with Crippen molar-refractivity contribution in [1.29, 1.82) is 0 Å². The molecule has 21 heavy (non-hydrogen) atoms. The summed E-state index contributed by atoms with van der Waals surface area (Å²) in [6.45, 7) is 1.09. The van der Waals surface area contributed by atoms with E-state index in [9.17, 15) is 21.6 Å². The van der Waals surface area contributed by atoms with Crippen LogP contribution in [-0.4, -0.2) is 18.6 Å². The SMILES string of the molecule is Cc1c(C(F)(F)F)cccc1S(=O)(=O)Nc1[nH]ncc1N. The predicted molar refractivity (Wildman–Crippen MR) is 70.0 cm³/mol. The standard InChI is InChI=1S/C11H11F3N4O2S/c1-6-7(11(12,13)14)3-2-4-9(6)21(19,20)18-10-8(15)5-16-17-10/h2-5H,15H2,1H3,(H2,16,17,18). The van der Waals surface area contributed by atoms with Gasteiger partial charge in [-0.2, -0.15) is 18.3 Å². The first-order valence-electron chi connectivity index (χ1n) is 5.61. The molecule has 1 aromatic heterocycles. The summed E-state index contributed by atoms with van der Waals surface area (Å²) in [6.07, 6.45) is -3.46. The summed E-state index contributed by atoms with van der Waals surface area (Å²) in [5, 5.41) is 5.83. The molecular weight excluding hydrogens is 309 g/mol. The molecule has 0 aliphatic heterocycles. The van der Waals surface area contributed by atoms with Crippen molar-refractivity contribution >= 4 is 21.5 Å². The lowest BCUT2D eigenvalue weighted by atomic mass is 10.1. The number of hydrogen-bond acceptors (Lipinski definition) is 4. The molecule has 0 saturated heterocycles. The molecule has 2 rings (SSSR count). The second-order valence-electron chi connectivity index (χ2n) is 4.23. The molecular formula is C11H11F3N4O2S. The van der Waals surface area contributed by atoms with Crippen molar-refractivity contribution in [3.8, 4) is 0 Å². The number of hydrogen-bond donors (Lipinski definition) is 3. The van der Waals surface area contributed by atoms with Gasteiger partial charge in [-0.05, 0) is 24.6 Å². The smallest absolute Gasteiger partial charge is 0.394 e. The minimum absolute atomic E-state index is 0.0307.